The van der Waals surface area contributed by atoms with Crippen molar-refractivity contribution in [2.24, 2.45) is 0 Å². The number of hydrogen-bond acceptors (Lipinski definition) is 1. The summed E-state index contributed by atoms with van der Waals surface area (Å²) < 4.78 is 2.30. The zero-order valence-electron chi connectivity index (χ0n) is 8.85. The van der Waals surface area contributed by atoms with Crippen LogP contribution in [0, 0.1) is 6.92 Å². The average Bonchev–Trinajstić information content (AvgIpc) is 2.98. The van der Waals surface area contributed by atoms with E-state index in [2.05, 4.69) is 46.9 Å². The topological polar surface area (TPSA) is 17.8 Å². The third-order valence-corrected chi connectivity index (χ3v) is 2.92. The van der Waals surface area contributed by atoms with Crippen molar-refractivity contribution >= 4 is 0 Å². The first kappa shape index (κ1) is 8.72. The lowest BCUT2D eigenvalue weighted by Crippen LogP contribution is -1.95. The minimum absolute atomic E-state index is 0.698. The van der Waals surface area contributed by atoms with Crippen LogP contribution in [-0.4, -0.2) is 9.55 Å². The highest BCUT2D eigenvalue weighted by Gasteiger charge is 2.25. The maximum atomic E-state index is 4.44. The molecular formula is C13H14N2. The predicted octanol–water partition coefficient (Wildman–Crippen LogP) is 3.19. The molecule has 2 heteroatoms. The van der Waals surface area contributed by atoms with E-state index < -0.39 is 0 Å². The number of nitrogens with zero attached hydrogens (tertiary/aromatic N) is 2. The van der Waals surface area contributed by atoms with Gasteiger partial charge in [0.05, 0.1) is 0 Å². The fraction of sp³-hybridized carbons (Fsp3) is 0.308. The van der Waals surface area contributed by atoms with Crippen LogP contribution in [0.4, 0.5) is 0 Å². The first-order chi connectivity index (χ1) is 7.34. The zero-order valence-corrected chi connectivity index (χ0v) is 8.85. The zero-order chi connectivity index (χ0) is 10.3. The Kier molecular flexibility index (Phi) is 1.88. The highest BCUT2D eigenvalue weighted by atomic mass is 15.1. The second kappa shape index (κ2) is 3.23. The maximum Gasteiger partial charge on any atom is 0.140 e. The average molecular weight is 198 g/mol. The van der Waals surface area contributed by atoms with Crippen LogP contribution in [0.3, 0.4) is 0 Å². The molecule has 1 aromatic carbocycles. The van der Waals surface area contributed by atoms with Crippen molar-refractivity contribution < 1.29 is 0 Å². The Morgan fingerprint density at radius 3 is 2.60 bits per heavy atom. The molecule has 76 valence electrons. The summed E-state index contributed by atoms with van der Waals surface area (Å²) in [7, 11) is 0. The molecule has 0 amide bonds. The highest BCUT2D eigenvalue weighted by Crippen LogP contribution is 2.37. The van der Waals surface area contributed by atoms with E-state index in [1.54, 1.807) is 0 Å². The van der Waals surface area contributed by atoms with Crippen molar-refractivity contribution in [3.05, 3.63) is 42.2 Å². The van der Waals surface area contributed by atoms with Gasteiger partial charge in [0.15, 0.2) is 0 Å². The molecule has 0 aliphatic heterocycles. The van der Waals surface area contributed by atoms with Gasteiger partial charge in [-0.25, -0.2) is 4.98 Å². The normalized spacial score (nSPS) is 15.5. The lowest BCUT2D eigenvalue weighted by Gasteiger charge is -2.05. The summed E-state index contributed by atoms with van der Waals surface area (Å²) in [5, 5.41) is 0. The molecule has 0 N–H and O–H groups in total. The number of aryl methyl sites for hydroxylation is 1. The predicted molar refractivity (Wildman–Crippen MR) is 60.7 cm³/mol. The van der Waals surface area contributed by atoms with Crippen LogP contribution in [0.2, 0.25) is 0 Å². The van der Waals surface area contributed by atoms with Crippen molar-refractivity contribution in [2.45, 2.75) is 25.8 Å². The summed E-state index contributed by atoms with van der Waals surface area (Å²) in [6.07, 6.45) is 6.59. The number of rotatable bonds is 2. The fourth-order valence-electron chi connectivity index (χ4n) is 1.89. The maximum absolute atomic E-state index is 4.44. The van der Waals surface area contributed by atoms with Gasteiger partial charge in [-0.1, -0.05) is 29.8 Å². The molecule has 0 saturated heterocycles. The van der Waals surface area contributed by atoms with Crippen molar-refractivity contribution in [3.8, 4) is 11.4 Å². The Morgan fingerprint density at radius 1 is 1.20 bits per heavy atom. The molecule has 2 aromatic rings. The smallest absolute Gasteiger partial charge is 0.140 e. The summed E-state index contributed by atoms with van der Waals surface area (Å²) >= 11 is 0. The van der Waals surface area contributed by atoms with Gasteiger partial charge in [-0.3, -0.25) is 0 Å². The summed E-state index contributed by atoms with van der Waals surface area (Å²) in [6, 6.07) is 9.28. The van der Waals surface area contributed by atoms with Gasteiger partial charge < -0.3 is 4.57 Å². The van der Waals surface area contributed by atoms with E-state index in [4.69, 9.17) is 0 Å². The Bertz CT molecular complexity index is 464. The standard InChI is InChI=1S/C13H14N2/c1-10-2-4-11(5-3-10)13-14-8-9-15(13)12-6-7-12/h2-5,8-9,12H,6-7H2,1H3. The summed E-state index contributed by atoms with van der Waals surface area (Å²) in [5.41, 5.74) is 2.51. The van der Waals surface area contributed by atoms with E-state index in [1.807, 2.05) is 6.20 Å². The minimum Gasteiger partial charge on any atom is -0.328 e. The van der Waals surface area contributed by atoms with Gasteiger partial charge in [0, 0.05) is 24.0 Å². The SMILES string of the molecule is Cc1ccc(-c2nccn2C2CC2)cc1. The van der Waals surface area contributed by atoms with Crippen LogP contribution in [-0.2, 0) is 0 Å². The first-order valence-electron chi connectivity index (χ1n) is 5.44. The van der Waals surface area contributed by atoms with Crippen molar-refractivity contribution in [2.75, 3.05) is 0 Å². The molecule has 0 radical (unpaired) electrons. The van der Waals surface area contributed by atoms with Crippen LogP contribution in [0.5, 0.6) is 0 Å². The van der Waals surface area contributed by atoms with Gasteiger partial charge in [-0.15, -0.1) is 0 Å². The Labute approximate surface area is 89.6 Å². The summed E-state index contributed by atoms with van der Waals surface area (Å²) in [5.74, 6) is 1.11. The monoisotopic (exact) mass is 198 g/mol. The number of aromatic nitrogens is 2. The summed E-state index contributed by atoms with van der Waals surface area (Å²) in [4.78, 5) is 4.44. The van der Waals surface area contributed by atoms with Gasteiger partial charge in [0.25, 0.3) is 0 Å². The third-order valence-electron chi connectivity index (χ3n) is 2.92. The molecular weight excluding hydrogens is 184 g/mol. The number of benzene rings is 1. The molecule has 1 aliphatic carbocycles. The van der Waals surface area contributed by atoms with Crippen LogP contribution in [0.25, 0.3) is 11.4 Å². The second-order valence-corrected chi connectivity index (χ2v) is 4.26. The molecule has 1 fully saturated rings. The fourth-order valence-corrected chi connectivity index (χ4v) is 1.89. The highest BCUT2D eigenvalue weighted by molar-refractivity contribution is 5.56. The summed E-state index contributed by atoms with van der Waals surface area (Å²) in [6.45, 7) is 2.11. The largest absolute Gasteiger partial charge is 0.328 e. The van der Waals surface area contributed by atoms with Gasteiger partial charge in [0.1, 0.15) is 5.82 Å². The van der Waals surface area contributed by atoms with Crippen LogP contribution in [0.1, 0.15) is 24.4 Å². The molecule has 0 bridgehead atoms. The molecule has 1 saturated carbocycles. The molecule has 0 unspecified atom stereocenters. The van der Waals surface area contributed by atoms with E-state index in [0.717, 1.165) is 5.82 Å². The number of hydrogen-bond donors (Lipinski definition) is 0. The molecule has 1 aliphatic rings. The number of imidazole rings is 1. The van der Waals surface area contributed by atoms with E-state index in [1.165, 1.54) is 24.0 Å². The quantitative estimate of drug-likeness (QED) is 0.724. The molecule has 0 atom stereocenters. The van der Waals surface area contributed by atoms with E-state index in [-0.39, 0.29) is 0 Å². The van der Waals surface area contributed by atoms with E-state index >= 15 is 0 Å². The van der Waals surface area contributed by atoms with Gasteiger partial charge in [-0.05, 0) is 19.8 Å². The molecule has 15 heavy (non-hydrogen) atoms. The third kappa shape index (κ3) is 1.56. The lowest BCUT2D eigenvalue weighted by atomic mass is 10.1. The van der Waals surface area contributed by atoms with Crippen molar-refractivity contribution in [3.63, 3.8) is 0 Å². The first-order valence-corrected chi connectivity index (χ1v) is 5.44. The molecule has 3 rings (SSSR count). The molecule has 2 nitrogen and oxygen atoms in total. The Hall–Kier alpha value is -1.57. The van der Waals surface area contributed by atoms with Crippen molar-refractivity contribution in [1.82, 2.24) is 9.55 Å². The molecule has 1 heterocycles. The molecule has 1 aromatic heterocycles. The van der Waals surface area contributed by atoms with Crippen LogP contribution >= 0.6 is 0 Å². The second-order valence-electron chi connectivity index (χ2n) is 4.26. The van der Waals surface area contributed by atoms with E-state index in [9.17, 15) is 0 Å². The Morgan fingerprint density at radius 2 is 1.93 bits per heavy atom. The van der Waals surface area contributed by atoms with Crippen LogP contribution < -0.4 is 0 Å². The van der Waals surface area contributed by atoms with Crippen LogP contribution in [0.15, 0.2) is 36.7 Å². The van der Waals surface area contributed by atoms with Gasteiger partial charge in [-0.2, -0.15) is 0 Å². The van der Waals surface area contributed by atoms with Gasteiger partial charge >= 0.3 is 0 Å². The molecule has 0 spiro atoms. The van der Waals surface area contributed by atoms with E-state index in [0.29, 0.717) is 6.04 Å². The van der Waals surface area contributed by atoms with Gasteiger partial charge in [0.2, 0.25) is 0 Å². The lowest BCUT2D eigenvalue weighted by molar-refractivity contribution is 0.750. The Balaban J connectivity index is 2.04. The minimum atomic E-state index is 0.698. The van der Waals surface area contributed by atoms with Crippen molar-refractivity contribution in [1.29, 1.82) is 0 Å².